The SMILES string of the molecule is Cc1c(C)c(C)c(OC#N)c(N=C=O)c1C. The molecule has 0 radical (unpaired) electrons. The average Bonchev–Trinajstić information content (AvgIpc) is 2.28. The van der Waals surface area contributed by atoms with Crippen molar-refractivity contribution in [3.63, 3.8) is 0 Å². The number of benzene rings is 1. The Morgan fingerprint density at radius 3 is 2.12 bits per heavy atom. The molecule has 0 saturated carbocycles. The first-order chi connectivity index (χ1) is 7.54. The molecule has 4 heteroatoms. The normalized spacial score (nSPS) is 9.19. The molecule has 0 atom stereocenters. The number of carbonyl (C=O) groups excluding carboxylic acids is 1. The maximum Gasteiger partial charge on any atom is 0.292 e. The van der Waals surface area contributed by atoms with Gasteiger partial charge in [-0.25, -0.2) is 4.79 Å². The van der Waals surface area contributed by atoms with Crippen molar-refractivity contribution in [3.05, 3.63) is 22.3 Å². The molecule has 0 aliphatic rings. The van der Waals surface area contributed by atoms with Gasteiger partial charge in [0.2, 0.25) is 6.08 Å². The minimum atomic E-state index is 0.339. The van der Waals surface area contributed by atoms with Crippen LogP contribution in [0, 0.1) is 39.2 Å². The number of isocyanates is 1. The summed E-state index contributed by atoms with van der Waals surface area (Å²) in [4.78, 5) is 14.0. The van der Waals surface area contributed by atoms with Crippen molar-refractivity contribution in [2.45, 2.75) is 27.7 Å². The van der Waals surface area contributed by atoms with Gasteiger partial charge in [0.15, 0.2) is 5.75 Å². The lowest BCUT2D eigenvalue weighted by atomic mass is 9.96. The van der Waals surface area contributed by atoms with Gasteiger partial charge in [0.25, 0.3) is 6.26 Å². The molecule has 1 aromatic rings. The van der Waals surface area contributed by atoms with Gasteiger partial charge in [0.1, 0.15) is 5.69 Å². The number of rotatable bonds is 2. The van der Waals surface area contributed by atoms with E-state index in [2.05, 4.69) is 4.99 Å². The molecular formula is C12H12N2O2. The quantitative estimate of drug-likeness (QED) is 0.433. The summed E-state index contributed by atoms with van der Waals surface area (Å²) in [6.07, 6.45) is 3.09. The Labute approximate surface area is 94.2 Å². The number of aliphatic imine (C=N–C) groups is 1. The van der Waals surface area contributed by atoms with E-state index >= 15 is 0 Å². The van der Waals surface area contributed by atoms with Crippen molar-refractivity contribution < 1.29 is 9.53 Å². The van der Waals surface area contributed by atoms with E-state index in [-0.39, 0.29) is 0 Å². The summed E-state index contributed by atoms with van der Waals surface area (Å²) in [6, 6.07) is 0. The first-order valence-electron chi connectivity index (χ1n) is 4.78. The molecule has 0 aliphatic carbocycles. The van der Waals surface area contributed by atoms with Crippen LogP contribution in [0.1, 0.15) is 22.3 Å². The fourth-order valence-electron chi connectivity index (χ4n) is 1.61. The van der Waals surface area contributed by atoms with E-state index in [0.29, 0.717) is 11.4 Å². The molecule has 0 aromatic heterocycles. The highest BCUT2D eigenvalue weighted by Gasteiger charge is 2.16. The Kier molecular flexibility index (Phi) is 3.44. The minimum Gasteiger partial charge on any atom is -0.385 e. The van der Waals surface area contributed by atoms with Crippen LogP contribution < -0.4 is 4.74 Å². The van der Waals surface area contributed by atoms with Crippen LogP contribution in [-0.2, 0) is 4.79 Å². The third kappa shape index (κ3) is 1.81. The van der Waals surface area contributed by atoms with Gasteiger partial charge in [-0.1, -0.05) is 0 Å². The van der Waals surface area contributed by atoms with Crippen LogP contribution in [0.2, 0.25) is 0 Å². The molecule has 0 bridgehead atoms. The molecular weight excluding hydrogens is 204 g/mol. The highest BCUT2D eigenvalue weighted by Crippen LogP contribution is 2.38. The van der Waals surface area contributed by atoms with Crippen LogP contribution in [0.4, 0.5) is 5.69 Å². The first kappa shape index (κ1) is 12.0. The summed E-state index contributed by atoms with van der Waals surface area (Å²) in [7, 11) is 0. The molecule has 1 aromatic carbocycles. The highest BCUT2D eigenvalue weighted by molar-refractivity contribution is 5.69. The van der Waals surface area contributed by atoms with E-state index in [9.17, 15) is 4.79 Å². The van der Waals surface area contributed by atoms with Crippen LogP contribution in [0.25, 0.3) is 0 Å². The van der Waals surface area contributed by atoms with Crippen LogP contribution in [0.5, 0.6) is 5.75 Å². The van der Waals surface area contributed by atoms with Gasteiger partial charge in [-0.15, -0.1) is 5.26 Å². The van der Waals surface area contributed by atoms with E-state index in [1.54, 1.807) is 6.26 Å². The van der Waals surface area contributed by atoms with Crippen LogP contribution in [0.15, 0.2) is 4.99 Å². The zero-order valence-electron chi connectivity index (χ0n) is 9.71. The lowest BCUT2D eigenvalue weighted by Gasteiger charge is -2.14. The van der Waals surface area contributed by atoms with Crippen molar-refractivity contribution in [2.75, 3.05) is 0 Å². The second kappa shape index (κ2) is 4.61. The standard InChI is InChI=1S/C12H12N2O2/c1-7-8(2)10(4)12(16-5-13)11(9(7)3)14-6-15/h1-4H3. The van der Waals surface area contributed by atoms with E-state index < -0.39 is 0 Å². The second-order valence-electron chi connectivity index (χ2n) is 3.57. The molecule has 0 amide bonds. The molecule has 0 aliphatic heterocycles. The Balaban J connectivity index is 3.69. The predicted octanol–water partition coefficient (Wildman–Crippen LogP) is 2.75. The summed E-state index contributed by atoms with van der Waals surface area (Å²) in [6.45, 7) is 7.55. The molecule has 0 unspecified atom stereocenters. The van der Waals surface area contributed by atoms with Crippen LogP contribution in [-0.4, -0.2) is 6.08 Å². The van der Waals surface area contributed by atoms with E-state index in [0.717, 1.165) is 22.3 Å². The molecule has 0 saturated heterocycles. The van der Waals surface area contributed by atoms with Gasteiger partial charge in [-0.2, -0.15) is 4.99 Å². The highest BCUT2D eigenvalue weighted by atomic mass is 16.5. The Morgan fingerprint density at radius 1 is 1.06 bits per heavy atom. The predicted molar refractivity (Wildman–Crippen MR) is 59.4 cm³/mol. The number of nitrogens with zero attached hydrogens (tertiary/aromatic N) is 2. The second-order valence-corrected chi connectivity index (χ2v) is 3.57. The zero-order chi connectivity index (χ0) is 12.3. The Morgan fingerprint density at radius 2 is 1.62 bits per heavy atom. The molecule has 0 heterocycles. The van der Waals surface area contributed by atoms with Crippen molar-refractivity contribution in [1.82, 2.24) is 0 Å². The Bertz CT molecular complexity index is 521. The average molecular weight is 216 g/mol. The van der Waals surface area contributed by atoms with E-state index in [1.807, 2.05) is 27.7 Å². The lowest BCUT2D eigenvalue weighted by Crippen LogP contribution is -1.97. The maximum absolute atomic E-state index is 10.4. The van der Waals surface area contributed by atoms with Crippen molar-refractivity contribution in [2.24, 2.45) is 4.99 Å². The smallest absolute Gasteiger partial charge is 0.292 e. The third-order valence-corrected chi connectivity index (χ3v) is 2.90. The molecule has 0 spiro atoms. The topological polar surface area (TPSA) is 62.4 Å². The zero-order valence-corrected chi connectivity index (χ0v) is 9.71. The summed E-state index contributed by atoms with van der Waals surface area (Å²) < 4.78 is 4.87. The van der Waals surface area contributed by atoms with Gasteiger partial charge in [0, 0.05) is 0 Å². The van der Waals surface area contributed by atoms with E-state index in [1.165, 1.54) is 6.08 Å². The van der Waals surface area contributed by atoms with E-state index in [4.69, 9.17) is 10.00 Å². The summed E-state index contributed by atoms with van der Waals surface area (Å²) >= 11 is 0. The summed E-state index contributed by atoms with van der Waals surface area (Å²) in [5, 5.41) is 8.58. The van der Waals surface area contributed by atoms with Gasteiger partial charge in [0.05, 0.1) is 0 Å². The maximum atomic E-state index is 10.4. The van der Waals surface area contributed by atoms with Gasteiger partial charge >= 0.3 is 0 Å². The summed E-state index contributed by atoms with van der Waals surface area (Å²) in [5.74, 6) is 0.339. The minimum absolute atomic E-state index is 0.339. The molecule has 1 rings (SSSR count). The molecule has 16 heavy (non-hydrogen) atoms. The molecule has 0 fully saturated rings. The number of hydrogen-bond acceptors (Lipinski definition) is 4. The fraction of sp³-hybridized carbons (Fsp3) is 0.333. The third-order valence-electron chi connectivity index (χ3n) is 2.90. The molecule has 0 N–H and O–H groups in total. The van der Waals surface area contributed by atoms with Crippen molar-refractivity contribution in [1.29, 1.82) is 5.26 Å². The van der Waals surface area contributed by atoms with Gasteiger partial charge in [-0.3, -0.25) is 0 Å². The van der Waals surface area contributed by atoms with Crippen LogP contribution in [0.3, 0.4) is 0 Å². The van der Waals surface area contributed by atoms with Crippen molar-refractivity contribution >= 4 is 11.8 Å². The fourth-order valence-corrected chi connectivity index (χ4v) is 1.61. The van der Waals surface area contributed by atoms with Crippen molar-refractivity contribution in [3.8, 4) is 12.0 Å². The molecule has 82 valence electrons. The van der Waals surface area contributed by atoms with Gasteiger partial charge in [-0.05, 0) is 49.9 Å². The monoisotopic (exact) mass is 216 g/mol. The van der Waals surface area contributed by atoms with Gasteiger partial charge < -0.3 is 4.74 Å². The summed E-state index contributed by atoms with van der Waals surface area (Å²) in [5.41, 5.74) is 4.11. The Hall–Kier alpha value is -2.11. The number of hydrogen-bond donors (Lipinski definition) is 0. The van der Waals surface area contributed by atoms with Crippen LogP contribution >= 0.6 is 0 Å². The number of nitriles is 1. The molecule has 4 nitrogen and oxygen atoms in total. The lowest BCUT2D eigenvalue weighted by molar-refractivity contribution is 0.503. The first-order valence-corrected chi connectivity index (χ1v) is 4.78. The largest absolute Gasteiger partial charge is 0.385 e. The number of ether oxygens (including phenoxy) is 1.